The molecule has 0 radical (unpaired) electrons. The highest BCUT2D eigenvalue weighted by atomic mass is 32.1. The Morgan fingerprint density at radius 1 is 0.943 bits per heavy atom. The number of fused-ring (bicyclic) bond motifs is 1. The fourth-order valence-corrected chi connectivity index (χ4v) is 4.17. The number of thiazole rings is 1. The largest absolute Gasteiger partial charge is 0.338 e. The number of hydrogen-bond donors (Lipinski definition) is 3. The third-order valence-electron chi connectivity index (χ3n) is 5.10. The molecule has 5 aromatic rings. The molecule has 0 aliphatic carbocycles. The van der Waals surface area contributed by atoms with Gasteiger partial charge in [-0.3, -0.25) is 14.9 Å². The maximum absolute atomic E-state index is 14.1. The maximum Gasteiger partial charge on any atom is 0.257 e. The second-order valence-corrected chi connectivity index (χ2v) is 8.49. The van der Waals surface area contributed by atoms with Gasteiger partial charge < -0.3 is 10.3 Å². The van der Waals surface area contributed by atoms with Crippen LogP contribution in [0.1, 0.15) is 16.1 Å². The zero-order valence-corrected chi connectivity index (χ0v) is 18.8. The minimum atomic E-state index is -0.596. The molecule has 3 aromatic carbocycles. The van der Waals surface area contributed by atoms with Gasteiger partial charge >= 0.3 is 0 Å². The molecule has 0 bridgehead atoms. The molecule has 2 heterocycles. The van der Waals surface area contributed by atoms with Crippen molar-refractivity contribution >= 4 is 45.0 Å². The van der Waals surface area contributed by atoms with Gasteiger partial charge in [0.15, 0.2) is 5.13 Å². The van der Waals surface area contributed by atoms with Crippen molar-refractivity contribution in [3.05, 3.63) is 95.0 Å². The van der Waals surface area contributed by atoms with Crippen LogP contribution in [0.2, 0.25) is 0 Å². The lowest BCUT2D eigenvalue weighted by Crippen LogP contribution is -2.15. The zero-order chi connectivity index (χ0) is 24.4. The number of rotatable bonds is 6. The highest BCUT2D eigenvalue weighted by Gasteiger charge is 2.14. The topological polar surface area (TPSA) is 99.8 Å². The zero-order valence-electron chi connectivity index (χ0n) is 18.0. The van der Waals surface area contributed by atoms with Crippen molar-refractivity contribution in [3.8, 4) is 11.4 Å². The number of H-pyrrole nitrogens is 1. The van der Waals surface area contributed by atoms with E-state index in [0.29, 0.717) is 33.1 Å². The van der Waals surface area contributed by atoms with Crippen LogP contribution in [-0.4, -0.2) is 26.8 Å². The van der Waals surface area contributed by atoms with Crippen LogP contribution in [0, 0.1) is 11.6 Å². The van der Waals surface area contributed by atoms with E-state index in [1.165, 1.54) is 11.3 Å². The fraction of sp³-hybridized carbons (Fsp3) is 0.0400. The molecule has 10 heteroatoms. The number of hydrogen-bond acceptors (Lipinski definition) is 5. The minimum absolute atomic E-state index is 0.0124. The smallest absolute Gasteiger partial charge is 0.257 e. The van der Waals surface area contributed by atoms with Gasteiger partial charge in [0.1, 0.15) is 17.5 Å². The summed E-state index contributed by atoms with van der Waals surface area (Å²) in [6.45, 7) is 0. The molecule has 5 rings (SSSR count). The Morgan fingerprint density at radius 2 is 1.77 bits per heavy atom. The van der Waals surface area contributed by atoms with Gasteiger partial charge in [0.05, 0.1) is 28.7 Å². The Morgan fingerprint density at radius 3 is 2.60 bits per heavy atom. The molecule has 2 amide bonds. The van der Waals surface area contributed by atoms with Gasteiger partial charge in [0.25, 0.3) is 5.91 Å². The van der Waals surface area contributed by atoms with Crippen molar-refractivity contribution in [1.82, 2.24) is 15.0 Å². The number of imidazole rings is 1. The van der Waals surface area contributed by atoms with Crippen LogP contribution in [0.4, 0.5) is 19.6 Å². The van der Waals surface area contributed by atoms with E-state index in [9.17, 15) is 18.4 Å². The van der Waals surface area contributed by atoms with E-state index in [2.05, 4.69) is 25.6 Å². The lowest BCUT2D eigenvalue weighted by Gasteiger charge is -2.04. The number of aromatic nitrogens is 3. The molecule has 0 spiro atoms. The highest BCUT2D eigenvalue weighted by Crippen LogP contribution is 2.26. The van der Waals surface area contributed by atoms with Crippen LogP contribution in [0.15, 0.2) is 72.1 Å². The van der Waals surface area contributed by atoms with E-state index in [1.54, 1.807) is 47.8 Å². The van der Waals surface area contributed by atoms with Crippen molar-refractivity contribution in [2.75, 3.05) is 10.6 Å². The van der Waals surface area contributed by atoms with Gasteiger partial charge in [-0.05, 0) is 48.5 Å². The van der Waals surface area contributed by atoms with E-state index in [0.717, 1.165) is 18.2 Å². The van der Waals surface area contributed by atoms with Crippen molar-refractivity contribution < 1.29 is 18.4 Å². The number of aromatic amines is 1. The number of nitrogens with one attached hydrogen (secondary N) is 3. The Balaban J connectivity index is 1.24. The molecule has 0 aliphatic rings. The number of carbonyl (C=O) groups is 2. The Bertz CT molecular complexity index is 1550. The molecular weight excluding hydrogens is 472 g/mol. The molecular formula is C25H17F2N5O2S. The summed E-state index contributed by atoms with van der Waals surface area (Å²) in [5.74, 6) is -1.55. The third-order valence-corrected chi connectivity index (χ3v) is 5.91. The molecule has 0 unspecified atom stereocenters. The number of benzene rings is 3. The molecule has 0 fully saturated rings. The number of halogens is 2. The van der Waals surface area contributed by atoms with Gasteiger partial charge in [-0.15, -0.1) is 11.3 Å². The van der Waals surface area contributed by atoms with Crippen LogP contribution in [0.5, 0.6) is 0 Å². The Labute approximate surface area is 201 Å². The maximum atomic E-state index is 14.1. The summed E-state index contributed by atoms with van der Waals surface area (Å²) >= 11 is 1.23. The number of carbonyl (C=O) groups excluding carboxylic acids is 2. The van der Waals surface area contributed by atoms with Gasteiger partial charge in [0, 0.05) is 16.6 Å². The van der Waals surface area contributed by atoms with Gasteiger partial charge in [-0.2, -0.15) is 0 Å². The van der Waals surface area contributed by atoms with E-state index in [1.807, 2.05) is 6.07 Å². The number of nitrogens with zero attached hydrogens (tertiary/aromatic N) is 2. The second-order valence-electron chi connectivity index (χ2n) is 7.63. The van der Waals surface area contributed by atoms with E-state index in [4.69, 9.17) is 0 Å². The van der Waals surface area contributed by atoms with E-state index < -0.39 is 11.6 Å². The summed E-state index contributed by atoms with van der Waals surface area (Å²) in [7, 11) is 0. The lowest BCUT2D eigenvalue weighted by atomic mass is 10.2. The first-order chi connectivity index (χ1) is 16.9. The number of amides is 2. The molecule has 0 saturated heterocycles. The van der Waals surface area contributed by atoms with Gasteiger partial charge in [-0.1, -0.05) is 18.2 Å². The van der Waals surface area contributed by atoms with Crippen molar-refractivity contribution in [1.29, 1.82) is 0 Å². The van der Waals surface area contributed by atoms with Crippen LogP contribution < -0.4 is 10.6 Å². The lowest BCUT2D eigenvalue weighted by molar-refractivity contribution is -0.115. The molecule has 35 heavy (non-hydrogen) atoms. The average molecular weight is 490 g/mol. The predicted molar refractivity (Wildman–Crippen MR) is 130 cm³/mol. The predicted octanol–water partition coefficient (Wildman–Crippen LogP) is 5.40. The van der Waals surface area contributed by atoms with Crippen molar-refractivity contribution in [3.63, 3.8) is 0 Å². The molecule has 0 aliphatic heterocycles. The first-order valence-corrected chi connectivity index (χ1v) is 11.4. The average Bonchev–Trinajstić information content (AvgIpc) is 3.47. The van der Waals surface area contributed by atoms with Crippen LogP contribution in [0.3, 0.4) is 0 Å². The summed E-state index contributed by atoms with van der Waals surface area (Å²) in [6.07, 6.45) is 0.0124. The normalized spacial score (nSPS) is 10.9. The number of anilines is 2. The Kier molecular flexibility index (Phi) is 6.02. The van der Waals surface area contributed by atoms with E-state index >= 15 is 0 Å². The second kappa shape index (κ2) is 9.43. The SMILES string of the molecule is O=C(Cc1csc(NC(=O)c2ccccc2)n1)Nc1ccc2nc(-c3cc(F)ccc3F)[nH]c2c1. The van der Waals surface area contributed by atoms with E-state index in [-0.39, 0.29) is 29.6 Å². The van der Waals surface area contributed by atoms with Crippen LogP contribution in [-0.2, 0) is 11.2 Å². The first kappa shape index (κ1) is 22.4. The third kappa shape index (κ3) is 5.07. The summed E-state index contributed by atoms with van der Waals surface area (Å²) < 4.78 is 27.6. The summed E-state index contributed by atoms with van der Waals surface area (Å²) in [5, 5.41) is 7.61. The summed E-state index contributed by atoms with van der Waals surface area (Å²) in [6, 6.07) is 16.9. The standard InChI is InChI=1S/C25H17F2N5O2S/c26-15-6-8-19(27)18(10-15)23-30-20-9-7-16(11-21(20)31-23)28-22(33)12-17-13-35-25(29-17)32-24(34)14-4-2-1-3-5-14/h1-11,13H,12H2,(H,28,33)(H,30,31)(H,29,32,34). The summed E-state index contributed by atoms with van der Waals surface area (Å²) in [5.41, 5.74) is 2.65. The van der Waals surface area contributed by atoms with Crippen molar-refractivity contribution in [2.45, 2.75) is 6.42 Å². The highest BCUT2D eigenvalue weighted by molar-refractivity contribution is 7.14. The molecule has 0 atom stereocenters. The Hall–Kier alpha value is -4.44. The van der Waals surface area contributed by atoms with Gasteiger partial charge in [-0.25, -0.2) is 18.7 Å². The monoisotopic (exact) mass is 489 g/mol. The molecule has 3 N–H and O–H groups in total. The quantitative estimate of drug-likeness (QED) is 0.297. The fourth-order valence-electron chi connectivity index (χ4n) is 3.47. The van der Waals surface area contributed by atoms with Crippen molar-refractivity contribution in [2.24, 2.45) is 0 Å². The van der Waals surface area contributed by atoms with Crippen LogP contribution >= 0.6 is 11.3 Å². The first-order valence-electron chi connectivity index (χ1n) is 10.5. The molecule has 0 saturated carbocycles. The molecule has 2 aromatic heterocycles. The molecule has 7 nitrogen and oxygen atoms in total. The minimum Gasteiger partial charge on any atom is -0.338 e. The molecule has 174 valence electrons. The van der Waals surface area contributed by atoms with Gasteiger partial charge in [0.2, 0.25) is 5.91 Å². The summed E-state index contributed by atoms with van der Waals surface area (Å²) in [4.78, 5) is 36.3. The van der Waals surface area contributed by atoms with Crippen LogP contribution in [0.25, 0.3) is 22.4 Å².